The molecular weight excluding hydrogens is 502 g/mol. The van der Waals surface area contributed by atoms with Gasteiger partial charge in [0.2, 0.25) is 5.91 Å². The third-order valence-electron chi connectivity index (χ3n) is 4.44. The molecule has 15 nitrogen and oxygen atoms in total. The predicted octanol–water partition coefficient (Wildman–Crippen LogP) is -0.698. The van der Waals surface area contributed by atoms with Gasteiger partial charge in [-0.1, -0.05) is 0 Å². The van der Waals surface area contributed by atoms with Crippen LogP contribution in [0.1, 0.15) is 32.1 Å². The lowest BCUT2D eigenvalue weighted by molar-refractivity contribution is -0.142. The van der Waals surface area contributed by atoms with E-state index in [1.165, 1.54) is 7.11 Å². The molecule has 0 saturated heterocycles. The second kappa shape index (κ2) is 21.3. The lowest BCUT2D eigenvalue weighted by atomic mass is 10.0. The highest BCUT2D eigenvalue weighted by atomic mass is 16.5. The summed E-state index contributed by atoms with van der Waals surface area (Å²) in [5.41, 5.74) is -1.34. The molecule has 0 fully saturated rings. The number of hydrogen-bond donors (Lipinski definition) is 4. The zero-order valence-corrected chi connectivity index (χ0v) is 20.9. The topological polar surface area (TPSA) is 213 Å². The smallest absolute Gasteiger partial charge is 0.307 e. The predicted molar refractivity (Wildman–Crippen MR) is 123 cm³/mol. The van der Waals surface area contributed by atoms with Crippen molar-refractivity contribution in [2.24, 2.45) is 0 Å². The monoisotopic (exact) mass is 539 g/mol. The van der Waals surface area contributed by atoms with Crippen LogP contribution in [0.25, 0.3) is 0 Å². The average molecular weight is 540 g/mol. The van der Waals surface area contributed by atoms with Gasteiger partial charge >= 0.3 is 23.9 Å². The molecule has 0 spiro atoms. The van der Waals surface area contributed by atoms with Gasteiger partial charge in [-0.3, -0.25) is 24.0 Å². The Morgan fingerprint density at radius 3 is 1.32 bits per heavy atom. The number of hydrogen-bond acceptors (Lipinski definition) is 11. The molecule has 0 radical (unpaired) electrons. The van der Waals surface area contributed by atoms with E-state index in [9.17, 15) is 24.0 Å². The van der Waals surface area contributed by atoms with Crippen molar-refractivity contribution in [1.29, 1.82) is 0 Å². The summed E-state index contributed by atoms with van der Waals surface area (Å²) in [5, 5.41) is 29.1. The molecule has 0 aliphatic heterocycles. The Balaban J connectivity index is 4.89. The van der Waals surface area contributed by atoms with Crippen LogP contribution in [0.4, 0.5) is 0 Å². The lowest BCUT2D eigenvalue weighted by Crippen LogP contribution is -2.59. The summed E-state index contributed by atoms with van der Waals surface area (Å²) < 4.78 is 31.2. The number of esters is 1. The molecule has 37 heavy (non-hydrogen) atoms. The Morgan fingerprint density at radius 2 is 0.946 bits per heavy atom. The Kier molecular flexibility index (Phi) is 19.6. The number of carbonyl (C=O) groups excluding carboxylic acids is 2. The van der Waals surface area contributed by atoms with Crippen molar-refractivity contribution in [3.05, 3.63) is 0 Å². The third-order valence-corrected chi connectivity index (χ3v) is 4.44. The zero-order valence-electron chi connectivity index (χ0n) is 20.9. The Morgan fingerprint density at radius 1 is 0.568 bits per heavy atom. The highest BCUT2D eigenvalue weighted by molar-refractivity contribution is 5.77. The largest absolute Gasteiger partial charge is 0.481 e. The summed E-state index contributed by atoms with van der Waals surface area (Å²) in [6.07, 6.45) is -0.847. The van der Waals surface area contributed by atoms with Crippen molar-refractivity contribution in [2.75, 3.05) is 73.2 Å². The maximum absolute atomic E-state index is 12.6. The molecule has 0 bridgehead atoms. The Labute approximate surface area is 214 Å². The first kappa shape index (κ1) is 34.1. The summed E-state index contributed by atoms with van der Waals surface area (Å²) in [6.45, 7) is -0.637. The van der Waals surface area contributed by atoms with E-state index in [2.05, 4.69) is 10.1 Å². The van der Waals surface area contributed by atoms with Crippen LogP contribution in [-0.2, 0) is 52.4 Å². The summed E-state index contributed by atoms with van der Waals surface area (Å²) in [4.78, 5) is 55.9. The van der Waals surface area contributed by atoms with Crippen molar-refractivity contribution in [1.82, 2.24) is 5.32 Å². The molecule has 0 unspecified atom stereocenters. The number of nitrogens with one attached hydrogen (secondary N) is 1. The van der Waals surface area contributed by atoms with Crippen molar-refractivity contribution in [3.63, 3.8) is 0 Å². The van der Waals surface area contributed by atoms with E-state index in [0.717, 1.165) is 0 Å². The number of carboxylic acid groups (broad SMARTS) is 3. The van der Waals surface area contributed by atoms with Crippen LogP contribution in [0.2, 0.25) is 0 Å². The zero-order chi connectivity index (χ0) is 27.9. The molecule has 1 amide bonds. The molecule has 0 heterocycles. The highest BCUT2D eigenvalue weighted by Crippen LogP contribution is 2.11. The summed E-state index contributed by atoms with van der Waals surface area (Å²) in [7, 11) is 1.28. The highest BCUT2D eigenvalue weighted by Gasteiger charge is 2.34. The molecule has 0 aromatic heterocycles. The van der Waals surface area contributed by atoms with Crippen LogP contribution in [0.15, 0.2) is 0 Å². The van der Waals surface area contributed by atoms with Crippen molar-refractivity contribution >= 4 is 29.8 Å². The summed E-state index contributed by atoms with van der Waals surface area (Å²) in [6, 6.07) is 0. The lowest BCUT2D eigenvalue weighted by Gasteiger charge is -2.34. The minimum absolute atomic E-state index is 0.0297. The van der Waals surface area contributed by atoms with E-state index in [0.29, 0.717) is 0 Å². The van der Waals surface area contributed by atoms with Gasteiger partial charge in [0.05, 0.1) is 98.9 Å². The van der Waals surface area contributed by atoms with Gasteiger partial charge in [-0.2, -0.15) is 0 Å². The van der Waals surface area contributed by atoms with Gasteiger partial charge < -0.3 is 49.1 Å². The van der Waals surface area contributed by atoms with Crippen LogP contribution in [-0.4, -0.2) is 124 Å². The molecule has 15 heteroatoms. The van der Waals surface area contributed by atoms with Crippen LogP contribution >= 0.6 is 0 Å². The molecule has 0 aromatic rings. The average Bonchev–Trinajstić information content (AvgIpc) is 2.83. The van der Waals surface area contributed by atoms with E-state index in [4.69, 9.17) is 39.0 Å². The molecule has 0 aliphatic rings. The van der Waals surface area contributed by atoms with Gasteiger partial charge in [0.25, 0.3) is 0 Å². The fourth-order valence-corrected chi connectivity index (χ4v) is 2.62. The van der Waals surface area contributed by atoms with Crippen LogP contribution in [0.3, 0.4) is 0 Å². The van der Waals surface area contributed by atoms with E-state index in [-0.39, 0.29) is 98.2 Å². The van der Waals surface area contributed by atoms with Crippen LogP contribution < -0.4 is 5.32 Å². The number of ether oxygens (including phenoxy) is 6. The van der Waals surface area contributed by atoms with E-state index < -0.39 is 35.3 Å². The minimum Gasteiger partial charge on any atom is -0.481 e. The number of aliphatic carboxylic acids is 3. The molecule has 4 N–H and O–H groups in total. The number of carbonyl (C=O) groups is 5. The van der Waals surface area contributed by atoms with Crippen LogP contribution in [0, 0.1) is 0 Å². The molecule has 0 atom stereocenters. The number of rotatable bonds is 25. The molecular formula is C22H37NO14. The van der Waals surface area contributed by atoms with E-state index in [1.807, 2.05) is 0 Å². The van der Waals surface area contributed by atoms with Crippen LogP contribution in [0.5, 0.6) is 0 Å². The SMILES string of the molecule is COC(=O)CCOCCOCCC(=O)NC(COCCC(=O)O)(COCCC(=O)O)COCCC(=O)O. The van der Waals surface area contributed by atoms with Gasteiger partial charge in [0.1, 0.15) is 5.54 Å². The van der Waals surface area contributed by atoms with E-state index in [1.54, 1.807) is 0 Å². The van der Waals surface area contributed by atoms with E-state index >= 15 is 0 Å². The standard InChI is InChI=1S/C22H37NO14/c1-32-21(31)6-11-34-13-12-33-7-2-17(24)23-22(14-35-8-3-18(25)26,15-36-9-4-19(27)28)16-37-10-5-20(29)30/h2-16H2,1H3,(H,23,24)(H,25,26)(H,27,28)(H,29,30). The first-order valence-electron chi connectivity index (χ1n) is 11.5. The normalized spacial score (nSPS) is 11.2. The summed E-state index contributed by atoms with van der Waals surface area (Å²) in [5.74, 6) is -4.14. The van der Waals surface area contributed by atoms with Gasteiger partial charge in [-0.15, -0.1) is 0 Å². The Hall–Kier alpha value is -2.85. The molecule has 0 aliphatic carbocycles. The molecule has 0 aromatic carbocycles. The number of amides is 1. The quantitative estimate of drug-likeness (QED) is 0.0834. The fraction of sp³-hybridized carbons (Fsp3) is 0.773. The second-order valence-corrected chi connectivity index (χ2v) is 7.72. The first-order chi connectivity index (χ1) is 17.6. The van der Waals surface area contributed by atoms with Gasteiger partial charge in [-0.25, -0.2) is 0 Å². The number of methoxy groups -OCH3 is 1. The van der Waals surface area contributed by atoms with Crippen molar-refractivity contribution in [3.8, 4) is 0 Å². The van der Waals surface area contributed by atoms with Crippen molar-refractivity contribution < 1.29 is 67.7 Å². The Bertz CT molecular complexity index is 644. The molecule has 0 saturated carbocycles. The third kappa shape index (κ3) is 21.0. The van der Waals surface area contributed by atoms with Gasteiger partial charge in [0.15, 0.2) is 0 Å². The van der Waals surface area contributed by atoms with Gasteiger partial charge in [0, 0.05) is 6.42 Å². The van der Waals surface area contributed by atoms with Crippen molar-refractivity contribution in [2.45, 2.75) is 37.6 Å². The maximum atomic E-state index is 12.6. The summed E-state index contributed by atoms with van der Waals surface area (Å²) >= 11 is 0. The molecule has 0 rings (SSSR count). The minimum atomic E-state index is -1.34. The number of carboxylic acids is 3. The maximum Gasteiger partial charge on any atom is 0.307 e. The second-order valence-electron chi connectivity index (χ2n) is 7.72. The first-order valence-corrected chi connectivity index (χ1v) is 11.5. The molecule has 214 valence electrons. The van der Waals surface area contributed by atoms with Gasteiger partial charge in [-0.05, 0) is 0 Å². The fourth-order valence-electron chi connectivity index (χ4n) is 2.62.